The summed E-state index contributed by atoms with van der Waals surface area (Å²) in [6, 6.07) is 5.74. The van der Waals surface area contributed by atoms with Crippen molar-refractivity contribution in [3.63, 3.8) is 0 Å². The minimum absolute atomic E-state index is 0.0471. The number of aryl methyl sites for hydroxylation is 1. The van der Waals surface area contributed by atoms with Crippen molar-refractivity contribution in [3.05, 3.63) is 23.8 Å². The van der Waals surface area contributed by atoms with Gasteiger partial charge in [-0.2, -0.15) is 0 Å². The first-order valence-electron chi connectivity index (χ1n) is 4.51. The highest BCUT2D eigenvalue weighted by atomic mass is 32.2. The van der Waals surface area contributed by atoms with Crippen molar-refractivity contribution in [2.45, 2.75) is 11.8 Å². The lowest BCUT2D eigenvalue weighted by Gasteiger charge is -2.07. The fourth-order valence-electron chi connectivity index (χ4n) is 1.14. The number of rotatable bonds is 4. The molecule has 0 saturated heterocycles. The van der Waals surface area contributed by atoms with Crippen molar-refractivity contribution in [2.75, 3.05) is 20.0 Å². The number of esters is 1. The van der Waals surface area contributed by atoms with E-state index in [4.69, 9.17) is 4.74 Å². The minimum atomic E-state index is -0.374. The van der Waals surface area contributed by atoms with Crippen LogP contribution in [0, 0.1) is 6.92 Å². The highest BCUT2D eigenvalue weighted by Gasteiger charge is 2.03. The molecule has 0 bridgehead atoms. The monoisotopic (exact) mass is 226 g/mol. The lowest BCUT2D eigenvalue weighted by atomic mass is 10.2. The van der Waals surface area contributed by atoms with Crippen molar-refractivity contribution >= 4 is 17.7 Å². The Bertz CT molecular complexity index is 350. The molecule has 1 aromatic rings. The lowest BCUT2D eigenvalue weighted by molar-refractivity contribution is -0.142. The van der Waals surface area contributed by atoms with Crippen molar-refractivity contribution in [1.82, 2.24) is 0 Å². The summed E-state index contributed by atoms with van der Waals surface area (Å²) in [7, 11) is 1.34. The van der Waals surface area contributed by atoms with Gasteiger partial charge in [0.2, 0.25) is 0 Å². The largest absolute Gasteiger partial charge is 0.482 e. The molecule has 1 rings (SSSR count). The summed E-state index contributed by atoms with van der Waals surface area (Å²) in [4.78, 5) is 12.1. The van der Waals surface area contributed by atoms with Crippen LogP contribution in [0.1, 0.15) is 5.56 Å². The first-order valence-corrected chi connectivity index (χ1v) is 5.74. The molecule has 0 aliphatic rings. The lowest BCUT2D eigenvalue weighted by Crippen LogP contribution is -2.12. The molecular formula is C11H14O3S. The first-order chi connectivity index (χ1) is 7.17. The van der Waals surface area contributed by atoms with E-state index >= 15 is 0 Å². The fourth-order valence-corrected chi connectivity index (χ4v) is 1.73. The maximum absolute atomic E-state index is 10.8. The van der Waals surface area contributed by atoms with Gasteiger partial charge in [-0.15, -0.1) is 11.8 Å². The number of carbonyl (C=O) groups is 1. The Morgan fingerprint density at radius 1 is 1.47 bits per heavy atom. The summed E-state index contributed by atoms with van der Waals surface area (Å²) in [5.74, 6) is 0.317. The van der Waals surface area contributed by atoms with E-state index in [-0.39, 0.29) is 12.6 Å². The summed E-state index contributed by atoms with van der Waals surface area (Å²) < 4.78 is 9.73. The Kier molecular flexibility index (Phi) is 4.49. The number of ether oxygens (including phenoxy) is 2. The molecule has 3 nitrogen and oxygen atoms in total. The molecule has 0 fully saturated rings. The van der Waals surface area contributed by atoms with E-state index in [1.54, 1.807) is 11.8 Å². The van der Waals surface area contributed by atoms with E-state index in [2.05, 4.69) is 4.74 Å². The molecule has 0 atom stereocenters. The second-order valence-electron chi connectivity index (χ2n) is 3.00. The SMILES string of the molecule is COC(=O)COc1ccc(SC)c(C)c1. The summed E-state index contributed by atoms with van der Waals surface area (Å²) in [6.07, 6.45) is 2.03. The molecule has 1 aromatic carbocycles. The van der Waals surface area contributed by atoms with E-state index in [1.807, 2.05) is 31.4 Å². The predicted molar refractivity (Wildman–Crippen MR) is 60.5 cm³/mol. The van der Waals surface area contributed by atoms with Crippen LogP contribution < -0.4 is 4.74 Å². The molecule has 0 amide bonds. The molecule has 82 valence electrons. The average molecular weight is 226 g/mol. The van der Waals surface area contributed by atoms with E-state index < -0.39 is 0 Å². The molecule has 0 aliphatic heterocycles. The van der Waals surface area contributed by atoms with Gasteiger partial charge in [-0.3, -0.25) is 0 Å². The van der Waals surface area contributed by atoms with Gasteiger partial charge >= 0.3 is 5.97 Å². The standard InChI is InChI=1S/C11H14O3S/c1-8-6-9(4-5-10(8)15-3)14-7-11(12)13-2/h4-6H,7H2,1-3H3. The van der Waals surface area contributed by atoms with Gasteiger partial charge in [0.25, 0.3) is 0 Å². The zero-order valence-corrected chi connectivity index (χ0v) is 9.89. The third-order valence-corrected chi connectivity index (χ3v) is 2.85. The quantitative estimate of drug-likeness (QED) is 0.583. The van der Waals surface area contributed by atoms with Gasteiger partial charge in [0.1, 0.15) is 5.75 Å². The van der Waals surface area contributed by atoms with Gasteiger partial charge in [0.05, 0.1) is 7.11 Å². The zero-order chi connectivity index (χ0) is 11.3. The van der Waals surface area contributed by atoms with Gasteiger partial charge in [0, 0.05) is 4.90 Å². The molecule has 0 aromatic heterocycles. The predicted octanol–water partition coefficient (Wildman–Crippen LogP) is 2.27. The maximum atomic E-state index is 10.8. The Labute approximate surface area is 93.8 Å². The van der Waals surface area contributed by atoms with Crippen LogP contribution in [-0.2, 0) is 9.53 Å². The van der Waals surface area contributed by atoms with E-state index in [0.29, 0.717) is 5.75 Å². The smallest absolute Gasteiger partial charge is 0.343 e. The Hall–Kier alpha value is -1.16. The van der Waals surface area contributed by atoms with Crippen molar-refractivity contribution < 1.29 is 14.3 Å². The number of benzene rings is 1. The topological polar surface area (TPSA) is 35.5 Å². The fraction of sp³-hybridized carbons (Fsp3) is 0.364. The molecule has 0 aliphatic carbocycles. The van der Waals surface area contributed by atoms with E-state index in [9.17, 15) is 4.79 Å². The van der Waals surface area contributed by atoms with Crippen LogP contribution >= 0.6 is 11.8 Å². The molecule has 0 saturated carbocycles. The molecule has 0 radical (unpaired) electrons. The van der Waals surface area contributed by atoms with Crippen LogP contribution in [0.3, 0.4) is 0 Å². The molecule has 15 heavy (non-hydrogen) atoms. The van der Waals surface area contributed by atoms with E-state index in [1.165, 1.54) is 12.0 Å². The van der Waals surface area contributed by atoms with Crippen LogP contribution in [-0.4, -0.2) is 25.9 Å². The molecule has 0 spiro atoms. The van der Waals surface area contributed by atoms with Crippen LogP contribution in [0.25, 0.3) is 0 Å². The van der Waals surface area contributed by atoms with Crippen molar-refractivity contribution in [2.24, 2.45) is 0 Å². The second-order valence-corrected chi connectivity index (χ2v) is 3.84. The summed E-state index contributed by atoms with van der Waals surface area (Å²) in [5.41, 5.74) is 1.14. The molecule has 0 heterocycles. The second kappa shape index (κ2) is 5.66. The molecule has 0 unspecified atom stereocenters. The van der Waals surface area contributed by atoms with Crippen molar-refractivity contribution in [3.8, 4) is 5.75 Å². The van der Waals surface area contributed by atoms with Crippen LogP contribution in [0.2, 0.25) is 0 Å². The Balaban J connectivity index is 2.63. The molecule has 4 heteroatoms. The molecule has 0 N–H and O–H groups in total. The first kappa shape index (κ1) is 11.9. The molecular weight excluding hydrogens is 212 g/mol. The normalized spacial score (nSPS) is 9.80. The summed E-state index contributed by atoms with van der Waals surface area (Å²) in [6.45, 7) is 1.96. The highest BCUT2D eigenvalue weighted by Crippen LogP contribution is 2.24. The highest BCUT2D eigenvalue weighted by molar-refractivity contribution is 7.98. The zero-order valence-electron chi connectivity index (χ0n) is 9.07. The summed E-state index contributed by atoms with van der Waals surface area (Å²) in [5, 5.41) is 0. The van der Waals surface area contributed by atoms with Crippen LogP contribution in [0.5, 0.6) is 5.75 Å². The van der Waals surface area contributed by atoms with Gasteiger partial charge < -0.3 is 9.47 Å². The third-order valence-electron chi connectivity index (χ3n) is 1.95. The number of hydrogen-bond acceptors (Lipinski definition) is 4. The van der Waals surface area contributed by atoms with Gasteiger partial charge in [-0.1, -0.05) is 0 Å². The van der Waals surface area contributed by atoms with Crippen LogP contribution in [0.15, 0.2) is 23.1 Å². The number of thioether (sulfide) groups is 1. The number of hydrogen-bond donors (Lipinski definition) is 0. The average Bonchev–Trinajstić information content (AvgIpc) is 2.26. The third kappa shape index (κ3) is 3.47. The minimum Gasteiger partial charge on any atom is -0.482 e. The number of carbonyl (C=O) groups excluding carboxylic acids is 1. The van der Waals surface area contributed by atoms with Crippen molar-refractivity contribution in [1.29, 1.82) is 0 Å². The Morgan fingerprint density at radius 3 is 2.73 bits per heavy atom. The van der Waals surface area contributed by atoms with Gasteiger partial charge in [-0.05, 0) is 36.9 Å². The summed E-state index contributed by atoms with van der Waals surface area (Å²) >= 11 is 1.69. The van der Waals surface area contributed by atoms with Gasteiger partial charge in [-0.25, -0.2) is 4.79 Å². The number of methoxy groups -OCH3 is 1. The Morgan fingerprint density at radius 2 is 2.20 bits per heavy atom. The maximum Gasteiger partial charge on any atom is 0.343 e. The van der Waals surface area contributed by atoms with Gasteiger partial charge in [0.15, 0.2) is 6.61 Å². The van der Waals surface area contributed by atoms with Crippen LogP contribution in [0.4, 0.5) is 0 Å². The van der Waals surface area contributed by atoms with E-state index in [0.717, 1.165) is 5.56 Å².